The maximum Gasteiger partial charge on any atom is 0.255 e. The highest BCUT2D eigenvalue weighted by Gasteiger charge is 2.17. The number of rotatable bonds is 8. The third kappa shape index (κ3) is 5.66. The molecule has 2 aromatic carbocycles. The molecule has 0 aliphatic carbocycles. The van der Waals surface area contributed by atoms with Gasteiger partial charge in [0.1, 0.15) is 12.1 Å². The molecule has 6 rings (SSSR count). The molecular formula is C30H23F2N7OS. The molecule has 0 bridgehead atoms. The minimum atomic E-state index is -0.960. The van der Waals surface area contributed by atoms with Crippen LogP contribution in [0.5, 0.6) is 0 Å². The molecule has 0 spiro atoms. The lowest BCUT2D eigenvalue weighted by Gasteiger charge is -2.16. The van der Waals surface area contributed by atoms with E-state index in [1.165, 1.54) is 6.07 Å². The zero-order valence-corrected chi connectivity index (χ0v) is 22.6. The van der Waals surface area contributed by atoms with Gasteiger partial charge in [-0.1, -0.05) is 12.1 Å². The summed E-state index contributed by atoms with van der Waals surface area (Å²) < 4.78 is 28.8. The van der Waals surface area contributed by atoms with E-state index in [1.807, 2.05) is 41.1 Å². The number of amides is 1. The third-order valence-corrected chi connectivity index (χ3v) is 7.65. The van der Waals surface area contributed by atoms with E-state index in [1.54, 1.807) is 55.3 Å². The largest absolute Gasteiger partial charge is 0.365 e. The van der Waals surface area contributed by atoms with E-state index >= 15 is 0 Å². The molecular weight excluding hydrogens is 544 g/mol. The molecule has 4 aromatic heterocycles. The van der Waals surface area contributed by atoms with Crippen molar-refractivity contribution in [2.75, 3.05) is 5.32 Å². The summed E-state index contributed by atoms with van der Waals surface area (Å²) in [5.74, 6) is -1.16. The molecule has 0 radical (unpaired) electrons. The van der Waals surface area contributed by atoms with E-state index in [9.17, 15) is 13.6 Å². The molecule has 1 amide bonds. The van der Waals surface area contributed by atoms with Crippen molar-refractivity contribution in [1.29, 1.82) is 0 Å². The first kappa shape index (κ1) is 26.2. The highest BCUT2D eigenvalue weighted by Crippen LogP contribution is 2.30. The van der Waals surface area contributed by atoms with Crippen LogP contribution in [-0.2, 0) is 6.54 Å². The highest BCUT2D eigenvalue weighted by molar-refractivity contribution is 7.15. The number of fused-ring (bicyclic) bond motifs is 1. The third-order valence-electron chi connectivity index (χ3n) is 6.52. The Labute approximate surface area is 237 Å². The maximum absolute atomic E-state index is 13.7. The Bertz CT molecular complexity index is 1860. The summed E-state index contributed by atoms with van der Waals surface area (Å²) in [5, 5.41) is 6.08. The Morgan fingerprint density at radius 3 is 2.73 bits per heavy atom. The van der Waals surface area contributed by atoms with Crippen molar-refractivity contribution in [3.63, 3.8) is 0 Å². The number of hydrogen-bond donors (Lipinski definition) is 2. The minimum absolute atomic E-state index is 0.348. The summed E-state index contributed by atoms with van der Waals surface area (Å²) in [6.45, 7) is 2.16. The van der Waals surface area contributed by atoms with Gasteiger partial charge in [0, 0.05) is 28.3 Å². The number of carbonyl (C=O) groups excluding carboxylic acids is 1. The second kappa shape index (κ2) is 11.2. The summed E-state index contributed by atoms with van der Waals surface area (Å²) in [4.78, 5) is 32.8. The van der Waals surface area contributed by atoms with Crippen LogP contribution in [0.25, 0.3) is 27.3 Å². The van der Waals surface area contributed by atoms with Gasteiger partial charge in [0.15, 0.2) is 17.5 Å². The summed E-state index contributed by atoms with van der Waals surface area (Å²) >= 11 is 1.62. The lowest BCUT2D eigenvalue weighted by molar-refractivity contribution is 0.0940. The fourth-order valence-corrected chi connectivity index (χ4v) is 5.29. The van der Waals surface area contributed by atoms with E-state index in [4.69, 9.17) is 4.98 Å². The van der Waals surface area contributed by atoms with Crippen molar-refractivity contribution in [3.8, 4) is 16.3 Å². The maximum atomic E-state index is 13.7. The fraction of sp³-hybridized carbons (Fsp3) is 0.100. The molecule has 204 valence electrons. The lowest BCUT2D eigenvalue weighted by atomic mass is 10.1. The smallest absolute Gasteiger partial charge is 0.255 e. The number of aromatic nitrogens is 5. The Morgan fingerprint density at radius 1 is 1.00 bits per heavy atom. The number of thiophene rings is 1. The van der Waals surface area contributed by atoms with Gasteiger partial charge in [0.2, 0.25) is 0 Å². The van der Waals surface area contributed by atoms with Crippen LogP contribution in [0.3, 0.4) is 0 Å². The van der Waals surface area contributed by atoms with Gasteiger partial charge in [-0.15, -0.1) is 11.3 Å². The molecule has 6 aromatic rings. The predicted molar refractivity (Wildman–Crippen MR) is 154 cm³/mol. The van der Waals surface area contributed by atoms with E-state index in [0.29, 0.717) is 29.3 Å². The topological polar surface area (TPSA) is 97.6 Å². The molecule has 41 heavy (non-hydrogen) atoms. The van der Waals surface area contributed by atoms with Crippen molar-refractivity contribution >= 4 is 34.1 Å². The predicted octanol–water partition coefficient (Wildman–Crippen LogP) is 6.32. The van der Waals surface area contributed by atoms with Crippen LogP contribution in [0.1, 0.15) is 33.8 Å². The van der Waals surface area contributed by atoms with Crippen molar-refractivity contribution in [2.24, 2.45) is 0 Å². The van der Waals surface area contributed by atoms with Crippen LogP contribution < -0.4 is 10.6 Å². The zero-order chi connectivity index (χ0) is 28.3. The van der Waals surface area contributed by atoms with Gasteiger partial charge in [-0.3, -0.25) is 14.3 Å². The second-order valence-corrected chi connectivity index (χ2v) is 10.5. The number of anilines is 1. The number of benzene rings is 2. The Kier molecular flexibility index (Phi) is 7.17. The molecule has 8 nitrogen and oxygen atoms in total. The highest BCUT2D eigenvalue weighted by atomic mass is 32.1. The first-order valence-electron chi connectivity index (χ1n) is 12.7. The minimum Gasteiger partial charge on any atom is -0.365 e. The summed E-state index contributed by atoms with van der Waals surface area (Å²) in [5.41, 5.74) is 3.41. The Balaban J connectivity index is 1.15. The second-order valence-electron chi connectivity index (χ2n) is 9.29. The van der Waals surface area contributed by atoms with Gasteiger partial charge in [-0.25, -0.2) is 23.7 Å². The average Bonchev–Trinajstić information content (AvgIpc) is 3.70. The first-order chi connectivity index (χ1) is 19.9. The molecule has 4 heterocycles. The van der Waals surface area contributed by atoms with E-state index < -0.39 is 17.7 Å². The molecule has 0 aliphatic heterocycles. The standard InChI is InChI=1S/C30H23F2N7OS/c1-18(19-4-7-23(31)24(32)13-19)37-30(40)22-3-2-10-34-29(22)36-15-21-6-9-27(41-21)20-5-8-25-26(14-20)38-28(16-35-25)39-12-11-33-17-39/h2-14,16-18H,15H2,1H3,(H,34,36)(H,37,40)/t18-/m0/s1. The quantitative estimate of drug-likeness (QED) is 0.223. The number of hydrogen-bond acceptors (Lipinski definition) is 7. The number of imidazole rings is 1. The van der Waals surface area contributed by atoms with Gasteiger partial charge in [0.05, 0.1) is 35.4 Å². The average molecular weight is 568 g/mol. The molecule has 0 fully saturated rings. The number of nitrogens with zero attached hydrogens (tertiary/aromatic N) is 5. The Morgan fingerprint density at radius 2 is 1.90 bits per heavy atom. The van der Waals surface area contributed by atoms with Crippen LogP contribution in [0.15, 0.2) is 91.8 Å². The molecule has 2 N–H and O–H groups in total. The normalized spacial score (nSPS) is 11.9. The lowest BCUT2D eigenvalue weighted by Crippen LogP contribution is -2.27. The van der Waals surface area contributed by atoms with Crippen LogP contribution in [0, 0.1) is 11.6 Å². The summed E-state index contributed by atoms with van der Waals surface area (Å²) in [6, 6.07) is 16.4. The fourth-order valence-electron chi connectivity index (χ4n) is 4.34. The number of nitrogens with one attached hydrogen (secondary N) is 2. The number of carbonyl (C=O) groups is 1. The van der Waals surface area contributed by atoms with Crippen molar-refractivity contribution in [2.45, 2.75) is 19.5 Å². The van der Waals surface area contributed by atoms with Crippen molar-refractivity contribution in [1.82, 2.24) is 29.8 Å². The summed E-state index contributed by atoms with van der Waals surface area (Å²) in [7, 11) is 0. The molecule has 11 heteroatoms. The Hall–Kier alpha value is -5.03. The molecule has 1 atom stereocenters. The van der Waals surface area contributed by atoms with E-state index in [0.717, 1.165) is 38.5 Å². The SMILES string of the molecule is C[C@H](NC(=O)c1cccnc1NCc1ccc(-c2ccc3ncc(-n4ccnc4)nc3c2)s1)c1ccc(F)c(F)c1. The first-order valence-corrected chi connectivity index (χ1v) is 13.5. The van der Waals surface area contributed by atoms with Crippen LogP contribution >= 0.6 is 11.3 Å². The van der Waals surface area contributed by atoms with Gasteiger partial charge < -0.3 is 10.6 Å². The number of halogens is 2. The van der Waals surface area contributed by atoms with Crippen molar-refractivity contribution in [3.05, 3.63) is 119 Å². The van der Waals surface area contributed by atoms with Gasteiger partial charge in [-0.05, 0) is 66.6 Å². The van der Waals surface area contributed by atoms with Gasteiger partial charge in [-0.2, -0.15) is 0 Å². The van der Waals surface area contributed by atoms with Crippen LogP contribution in [-0.4, -0.2) is 30.4 Å². The van der Waals surface area contributed by atoms with Crippen LogP contribution in [0.4, 0.5) is 14.6 Å². The van der Waals surface area contributed by atoms with Crippen LogP contribution in [0.2, 0.25) is 0 Å². The van der Waals surface area contributed by atoms with Crippen molar-refractivity contribution < 1.29 is 13.6 Å². The molecule has 0 unspecified atom stereocenters. The molecule has 0 saturated carbocycles. The van der Waals surface area contributed by atoms with E-state index in [-0.39, 0.29) is 5.91 Å². The number of pyridine rings is 1. The molecule has 0 aliphatic rings. The summed E-state index contributed by atoms with van der Waals surface area (Å²) in [6.07, 6.45) is 8.52. The molecule has 0 saturated heterocycles. The monoisotopic (exact) mass is 567 g/mol. The van der Waals surface area contributed by atoms with Gasteiger partial charge >= 0.3 is 0 Å². The van der Waals surface area contributed by atoms with Gasteiger partial charge in [0.25, 0.3) is 5.91 Å². The van der Waals surface area contributed by atoms with E-state index in [2.05, 4.69) is 25.6 Å². The zero-order valence-electron chi connectivity index (χ0n) is 21.8.